The summed E-state index contributed by atoms with van der Waals surface area (Å²) in [6, 6.07) is 5.80. The molecule has 0 saturated carbocycles. The SMILES string of the molecule is CN(C)Nc1ncnc(NCc2ccc3c(c2)OCO3)c1N. The van der Waals surface area contributed by atoms with Crippen molar-refractivity contribution in [2.75, 3.05) is 37.4 Å². The maximum Gasteiger partial charge on any atom is 0.231 e. The number of nitrogens with one attached hydrogen (secondary N) is 2. The van der Waals surface area contributed by atoms with Crippen molar-refractivity contribution in [3.05, 3.63) is 30.1 Å². The summed E-state index contributed by atoms with van der Waals surface area (Å²) in [4.78, 5) is 8.29. The Morgan fingerprint density at radius 2 is 1.95 bits per heavy atom. The van der Waals surface area contributed by atoms with Crippen LogP contribution in [0.5, 0.6) is 11.5 Å². The molecule has 0 atom stereocenters. The quantitative estimate of drug-likeness (QED) is 0.711. The van der Waals surface area contributed by atoms with E-state index in [-0.39, 0.29) is 6.79 Å². The molecule has 0 fully saturated rings. The third kappa shape index (κ3) is 2.96. The van der Waals surface area contributed by atoms with Crippen LogP contribution in [0.3, 0.4) is 0 Å². The molecule has 1 aromatic heterocycles. The van der Waals surface area contributed by atoms with Crippen molar-refractivity contribution in [1.29, 1.82) is 0 Å². The Hall–Kier alpha value is -2.74. The maximum absolute atomic E-state index is 6.06. The van der Waals surface area contributed by atoms with Gasteiger partial charge in [0.25, 0.3) is 0 Å². The van der Waals surface area contributed by atoms with Gasteiger partial charge in [0, 0.05) is 20.6 Å². The van der Waals surface area contributed by atoms with E-state index in [4.69, 9.17) is 15.2 Å². The molecule has 8 heteroatoms. The number of hydrogen-bond donors (Lipinski definition) is 3. The number of nitrogens with two attached hydrogens (primary N) is 1. The van der Waals surface area contributed by atoms with E-state index in [0.29, 0.717) is 23.9 Å². The molecule has 0 radical (unpaired) electrons. The first kappa shape index (κ1) is 14.2. The molecule has 116 valence electrons. The maximum atomic E-state index is 6.06. The third-order valence-electron chi connectivity index (χ3n) is 3.11. The molecule has 0 saturated heterocycles. The predicted molar refractivity (Wildman–Crippen MR) is 83.6 cm³/mol. The highest BCUT2D eigenvalue weighted by Gasteiger charge is 2.13. The minimum atomic E-state index is 0.268. The lowest BCUT2D eigenvalue weighted by molar-refractivity contribution is 0.174. The molecule has 0 unspecified atom stereocenters. The minimum Gasteiger partial charge on any atom is -0.454 e. The number of anilines is 3. The highest BCUT2D eigenvalue weighted by Crippen LogP contribution is 2.32. The molecule has 3 rings (SSSR count). The Labute approximate surface area is 128 Å². The summed E-state index contributed by atoms with van der Waals surface area (Å²) in [6.07, 6.45) is 1.46. The second-order valence-electron chi connectivity index (χ2n) is 5.03. The van der Waals surface area contributed by atoms with Crippen molar-refractivity contribution in [2.45, 2.75) is 6.54 Å². The number of benzene rings is 1. The minimum absolute atomic E-state index is 0.268. The van der Waals surface area contributed by atoms with E-state index >= 15 is 0 Å². The van der Waals surface area contributed by atoms with E-state index in [0.717, 1.165) is 17.1 Å². The average molecular weight is 302 g/mol. The van der Waals surface area contributed by atoms with Gasteiger partial charge in [0.2, 0.25) is 6.79 Å². The van der Waals surface area contributed by atoms with Gasteiger partial charge < -0.3 is 25.9 Å². The van der Waals surface area contributed by atoms with Gasteiger partial charge in [0.15, 0.2) is 23.1 Å². The van der Waals surface area contributed by atoms with Crippen LogP contribution in [0.2, 0.25) is 0 Å². The standard InChI is InChI=1S/C14H18N6O2/c1-20(2)19-14-12(15)13(17-7-18-14)16-6-9-3-4-10-11(5-9)22-8-21-10/h3-5,7H,6,8,15H2,1-2H3,(H2,16,17,18,19). The van der Waals surface area contributed by atoms with Gasteiger partial charge >= 0.3 is 0 Å². The molecule has 0 aliphatic carbocycles. The van der Waals surface area contributed by atoms with E-state index in [1.54, 1.807) is 5.01 Å². The first-order valence-electron chi connectivity index (χ1n) is 6.80. The lowest BCUT2D eigenvalue weighted by Crippen LogP contribution is -2.22. The second kappa shape index (κ2) is 5.94. The fourth-order valence-electron chi connectivity index (χ4n) is 2.07. The molecule has 2 heterocycles. The Kier molecular flexibility index (Phi) is 3.84. The zero-order valence-electron chi connectivity index (χ0n) is 12.5. The Bertz CT molecular complexity index is 676. The summed E-state index contributed by atoms with van der Waals surface area (Å²) in [5.74, 6) is 2.66. The number of aromatic nitrogens is 2. The fourth-order valence-corrected chi connectivity index (χ4v) is 2.07. The molecule has 1 aromatic carbocycles. The van der Waals surface area contributed by atoms with E-state index in [1.807, 2.05) is 32.3 Å². The summed E-state index contributed by atoms with van der Waals surface area (Å²) in [5, 5.41) is 4.97. The van der Waals surface area contributed by atoms with Crippen molar-refractivity contribution < 1.29 is 9.47 Å². The predicted octanol–water partition coefficient (Wildman–Crippen LogP) is 1.29. The molecule has 0 bridgehead atoms. The Morgan fingerprint density at radius 1 is 1.18 bits per heavy atom. The van der Waals surface area contributed by atoms with Crippen LogP contribution in [0.25, 0.3) is 0 Å². The van der Waals surface area contributed by atoms with Gasteiger partial charge in [0.1, 0.15) is 12.0 Å². The van der Waals surface area contributed by atoms with Crippen molar-refractivity contribution >= 4 is 17.3 Å². The van der Waals surface area contributed by atoms with Crippen LogP contribution >= 0.6 is 0 Å². The van der Waals surface area contributed by atoms with Crippen LogP contribution in [0.1, 0.15) is 5.56 Å². The second-order valence-corrected chi connectivity index (χ2v) is 5.03. The molecule has 0 amide bonds. The topological polar surface area (TPSA) is 97.6 Å². The number of rotatable bonds is 5. The Balaban J connectivity index is 1.71. The first-order chi connectivity index (χ1) is 10.6. The molecule has 2 aromatic rings. The van der Waals surface area contributed by atoms with E-state index in [2.05, 4.69) is 20.7 Å². The molecule has 22 heavy (non-hydrogen) atoms. The van der Waals surface area contributed by atoms with Crippen LogP contribution in [0, 0.1) is 0 Å². The molecule has 1 aliphatic heterocycles. The summed E-state index contributed by atoms with van der Waals surface area (Å²) >= 11 is 0. The molecule has 1 aliphatic rings. The van der Waals surface area contributed by atoms with E-state index in [1.165, 1.54) is 6.33 Å². The number of hydrazine groups is 1. The molecule has 8 nitrogen and oxygen atoms in total. The zero-order chi connectivity index (χ0) is 15.5. The van der Waals surface area contributed by atoms with Gasteiger partial charge in [-0.05, 0) is 17.7 Å². The number of nitrogen functional groups attached to an aromatic ring is 1. The first-order valence-corrected chi connectivity index (χ1v) is 6.80. The van der Waals surface area contributed by atoms with Crippen LogP contribution in [-0.2, 0) is 6.54 Å². The van der Waals surface area contributed by atoms with Gasteiger partial charge in [-0.1, -0.05) is 6.07 Å². The van der Waals surface area contributed by atoms with Gasteiger partial charge in [-0.2, -0.15) is 0 Å². The number of hydrogen-bond acceptors (Lipinski definition) is 8. The lowest BCUT2D eigenvalue weighted by Gasteiger charge is -2.16. The van der Waals surface area contributed by atoms with Crippen molar-refractivity contribution in [1.82, 2.24) is 15.0 Å². The van der Waals surface area contributed by atoms with Crippen LogP contribution in [-0.4, -0.2) is 35.9 Å². The van der Waals surface area contributed by atoms with Gasteiger partial charge in [-0.3, -0.25) is 0 Å². The van der Waals surface area contributed by atoms with Crippen LogP contribution in [0.4, 0.5) is 17.3 Å². The van der Waals surface area contributed by atoms with E-state index in [9.17, 15) is 0 Å². The summed E-state index contributed by atoms with van der Waals surface area (Å²) in [7, 11) is 3.72. The third-order valence-corrected chi connectivity index (χ3v) is 3.11. The largest absolute Gasteiger partial charge is 0.454 e. The highest BCUT2D eigenvalue weighted by atomic mass is 16.7. The monoisotopic (exact) mass is 302 g/mol. The average Bonchev–Trinajstić information content (AvgIpc) is 2.95. The molecular weight excluding hydrogens is 284 g/mol. The van der Waals surface area contributed by atoms with Crippen molar-refractivity contribution in [3.8, 4) is 11.5 Å². The molecule has 4 N–H and O–H groups in total. The summed E-state index contributed by atoms with van der Waals surface area (Å²) in [6.45, 7) is 0.837. The van der Waals surface area contributed by atoms with E-state index < -0.39 is 0 Å². The smallest absolute Gasteiger partial charge is 0.231 e. The van der Waals surface area contributed by atoms with Gasteiger partial charge in [-0.25, -0.2) is 15.0 Å². The molecule has 0 spiro atoms. The summed E-state index contributed by atoms with van der Waals surface area (Å²) < 4.78 is 10.7. The normalized spacial score (nSPS) is 12.5. The summed E-state index contributed by atoms with van der Waals surface area (Å²) in [5.41, 5.74) is 10.6. The lowest BCUT2D eigenvalue weighted by atomic mass is 10.2. The molecular formula is C14H18N6O2. The Morgan fingerprint density at radius 3 is 2.77 bits per heavy atom. The zero-order valence-corrected chi connectivity index (χ0v) is 12.5. The number of ether oxygens (including phenoxy) is 2. The van der Waals surface area contributed by atoms with Crippen LogP contribution < -0.4 is 25.9 Å². The van der Waals surface area contributed by atoms with Gasteiger partial charge in [-0.15, -0.1) is 0 Å². The van der Waals surface area contributed by atoms with Crippen molar-refractivity contribution in [3.63, 3.8) is 0 Å². The highest BCUT2D eigenvalue weighted by molar-refractivity contribution is 5.73. The number of fused-ring (bicyclic) bond motifs is 1. The van der Waals surface area contributed by atoms with Gasteiger partial charge in [0.05, 0.1) is 0 Å². The van der Waals surface area contributed by atoms with Crippen LogP contribution in [0.15, 0.2) is 24.5 Å². The number of nitrogens with zero attached hydrogens (tertiary/aromatic N) is 3. The fraction of sp³-hybridized carbons (Fsp3) is 0.286. The van der Waals surface area contributed by atoms with Crippen molar-refractivity contribution in [2.24, 2.45) is 0 Å².